The molecule has 1 aliphatic carbocycles. The molecule has 2 aliphatic rings. The van der Waals surface area contributed by atoms with Gasteiger partial charge in [-0.1, -0.05) is 30.3 Å². The molecule has 7 nitrogen and oxygen atoms in total. The Kier molecular flexibility index (Phi) is 7.54. The van der Waals surface area contributed by atoms with Crippen molar-refractivity contribution in [1.29, 1.82) is 0 Å². The minimum absolute atomic E-state index is 0.135. The lowest BCUT2D eigenvalue weighted by Crippen LogP contribution is -2.59. The number of sulfonamides is 1. The van der Waals surface area contributed by atoms with Crippen molar-refractivity contribution in [2.24, 2.45) is 0 Å². The van der Waals surface area contributed by atoms with E-state index in [2.05, 4.69) is 29.0 Å². The fraction of sp³-hybridized carbons (Fsp3) is 0.667. The Morgan fingerprint density at radius 1 is 1.14 bits per heavy atom. The number of likely N-dealkylation sites (tertiary alicyclic amines) is 1. The van der Waals surface area contributed by atoms with E-state index in [1.54, 1.807) is 4.90 Å². The van der Waals surface area contributed by atoms with Gasteiger partial charge in [-0.3, -0.25) is 0 Å². The molecule has 2 fully saturated rings. The smallest absolute Gasteiger partial charge is 0.409 e. The van der Waals surface area contributed by atoms with Crippen LogP contribution in [0.15, 0.2) is 30.3 Å². The van der Waals surface area contributed by atoms with E-state index in [9.17, 15) is 13.2 Å². The van der Waals surface area contributed by atoms with Crippen molar-refractivity contribution in [1.82, 2.24) is 9.62 Å². The van der Waals surface area contributed by atoms with Crippen molar-refractivity contribution in [2.75, 3.05) is 26.5 Å². The molecule has 3 rings (SSSR count). The Labute approximate surface area is 173 Å². The zero-order chi connectivity index (χ0) is 20.9. The quantitative estimate of drug-likeness (QED) is 0.759. The summed E-state index contributed by atoms with van der Waals surface area (Å²) in [7, 11) is -2.03. The predicted molar refractivity (Wildman–Crippen MR) is 111 cm³/mol. The molecule has 29 heavy (non-hydrogen) atoms. The van der Waals surface area contributed by atoms with E-state index < -0.39 is 16.1 Å². The average Bonchev–Trinajstić information content (AvgIpc) is 2.72. The van der Waals surface area contributed by atoms with Gasteiger partial charge in [0, 0.05) is 12.6 Å². The number of ether oxygens (including phenoxy) is 2. The van der Waals surface area contributed by atoms with Crippen molar-refractivity contribution in [3.8, 4) is 0 Å². The van der Waals surface area contributed by atoms with E-state index >= 15 is 0 Å². The Balaban J connectivity index is 1.58. The second-order valence-electron chi connectivity index (χ2n) is 8.09. The average molecular weight is 425 g/mol. The number of carbonyl (C=O) groups excluding carboxylic acids is 1. The first-order valence-electron chi connectivity index (χ1n) is 10.4. The number of hydrogen-bond donors (Lipinski definition) is 1. The van der Waals surface area contributed by atoms with Gasteiger partial charge in [-0.15, -0.1) is 0 Å². The molecule has 1 aliphatic heterocycles. The van der Waals surface area contributed by atoms with Crippen LogP contribution < -0.4 is 4.72 Å². The minimum atomic E-state index is -3.38. The number of nitrogens with zero attached hydrogens (tertiary/aromatic N) is 1. The summed E-state index contributed by atoms with van der Waals surface area (Å²) in [5.41, 5.74) is 1.38. The van der Waals surface area contributed by atoms with Crippen LogP contribution in [0.1, 0.15) is 50.0 Å². The number of methoxy groups -OCH3 is 1. The number of nitrogens with one attached hydrogen (secondary N) is 1. The van der Waals surface area contributed by atoms with Gasteiger partial charge in [0.2, 0.25) is 10.0 Å². The van der Waals surface area contributed by atoms with Crippen LogP contribution in [0.3, 0.4) is 0 Å². The molecule has 162 valence electrons. The summed E-state index contributed by atoms with van der Waals surface area (Å²) in [6, 6.07) is 9.84. The van der Waals surface area contributed by atoms with Gasteiger partial charge in [0.25, 0.3) is 0 Å². The number of amides is 1. The Morgan fingerprint density at radius 2 is 1.83 bits per heavy atom. The van der Waals surface area contributed by atoms with Crippen LogP contribution in [0.4, 0.5) is 4.79 Å². The highest BCUT2D eigenvalue weighted by Crippen LogP contribution is 2.34. The lowest BCUT2D eigenvalue weighted by atomic mass is 9.83. The van der Waals surface area contributed by atoms with E-state index in [-0.39, 0.29) is 18.2 Å². The second kappa shape index (κ2) is 9.91. The molecule has 2 atom stereocenters. The van der Waals surface area contributed by atoms with Crippen LogP contribution in [-0.2, 0) is 19.5 Å². The lowest BCUT2D eigenvalue weighted by Gasteiger charge is -2.41. The fourth-order valence-electron chi connectivity index (χ4n) is 4.54. The van der Waals surface area contributed by atoms with E-state index in [1.807, 2.05) is 6.07 Å². The maximum atomic E-state index is 12.2. The number of carbonyl (C=O) groups is 1. The monoisotopic (exact) mass is 424 g/mol. The molecule has 1 aromatic carbocycles. The van der Waals surface area contributed by atoms with E-state index in [4.69, 9.17) is 9.47 Å². The zero-order valence-electron chi connectivity index (χ0n) is 17.2. The third-order valence-corrected chi connectivity index (χ3v) is 6.73. The topological polar surface area (TPSA) is 84.9 Å². The fourth-order valence-corrected chi connectivity index (χ4v) is 5.37. The Morgan fingerprint density at radius 3 is 2.45 bits per heavy atom. The molecule has 0 spiro atoms. The number of rotatable bonds is 6. The molecule has 1 N–H and O–H groups in total. The second-order valence-corrected chi connectivity index (χ2v) is 9.87. The molecule has 0 unspecified atom stereocenters. The van der Waals surface area contributed by atoms with Gasteiger partial charge in [0.15, 0.2) is 0 Å². The Hall–Kier alpha value is -1.64. The van der Waals surface area contributed by atoms with Crippen LogP contribution in [-0.4, -0.2) is 64.1 Å². The van der Waals surface area contributed by atoms with Crippen LogP contribution in [0.25, 0.3) is 0 Å². The SMILES string of the molecule is COC(=O)N1CCC[C@H](NS(C)(=O)=O)[C@@H]1CO[C@H]1CC[C@@H](c2ccccc2)CC1. The summed E-state index contributed by atoms with van der Waals surface area (Å²) in [5, 5.41) is 0. The van der Waals surface area contributed by atoms with E-state index in [0.29, 0.717) is 25.5 Å². The molecule has 0 radical (unpaired) electrons. The summed E-state index contributed by atoms with van der Waals surface area (Å²) >= 11 is 0. The van der Waals surface area contributed by atoms with Gasteiger partial charge in [0.05, 0.1) is 32.1 Å². The highest BCUT2D eigenvalue weighted by molar-refractivity contribution is 7.88. The number of hydrogen-bond acceptors (Lipinski definition) is 5. The summed E-state index contributed by atoms with van der Waals surface area (Å²) in [5.74, 6) is 0.567. The normalized spacial score (nSPS) is 28.1. The maximum Gasteiger partial charge on any atom is 0.409 e. The van der Waals surface area contributed by atoms with Gasteiger partial charge in [0.1, 0.15) is 0 Å². The van der Waals surface area contributed by atoms with E-state index in [1.165, 1.54) is 12.7 Å². The van der Waals surface area contributed by atoms with Gasteiger partial charge in [-0.2, -0.15) is 0 Å². The number of piperidine rings is 1. The third-order valence-electron chi connectivity index (χ3n) is 6.00. The Bertz CT molecular complexity index is 763. The van der Waals surface area contributed by atoms with Crippen molar-refractivity contribution >= 4 is 16.1 Å². The minimum Gasteiger partial charge on any atom is -0.453 e. The summed E-state index contributed by atoms with van der Waals surface area (Å²) in [4.78, 5) is 13.8. The third kappa shape index (κ3) is 6.17. The molecule has 1 aromatic rings. The van der Waals surface area contributed by atoms with Crippen LogP contribution in [0.2, 0.25) is 0 Å². The van der Waals surface area contributed by atoms with Crippen LogP contribution >= 0.6 is 0 Å². The first kappa shape index (κ1) is 22.1. The molecule has 0 aromatic heterocycles. The standard InChI is InChI=1S/C21H32N2O5S/c1-27-21(24)23-14-6-9-19(22-29(2,25)26)20(23)15-28-18-12-10-17(11-13-18)16-7-4-3-5-8-16/h3-5,7-8,17-20,22H,6,9-15H2,1-2H3/t17-,18+,19-,20-/m0/s1. The van der Waals surface area contributed by atoms with E-state index in [0.717, 1.165) is 38.4 Å². The molecule has 1 amide bonds. The van der Waals surface area contributed by atoms with Gasteiger partial charge in [-0.25, -0.2) is 17.9 Å². The van der Waals surface area contributed by atoms with Crippen molar-refractivity contribution < 1.29 is 22.7 Å². The van der Waals surface area contributed by atoms with Crippen LogP contribution in [0, 0.1) is 0 Å². The lowest BCUT2D eigenvalue weighted by molar-refractivity contribution is -0.0245. The first-order chi connectivity index (χ1) is 13.9. The zero-order valence-corrected chi connectivity index (χ0v) is 18.1. The van der Waals surface area contributed by atoms with Crippen LogP contribution in [0.5, 0.6) is 0 Å². The van der Waals surface area contributed by atoms with Crippen molar-refractivity contribution in [3.63, 3.8) is 0 Å². The molecular weight excluding hydrogens is 392 g/mol. The molecule has 1 heterocycles. The predicted octanol–water partition coefficient (Wildman–Crippen LogP) is 2.88. The molecule has 8 heteroatoms. The molecule has 1 saturated heterocycles. The summed E-state index contributed by atoms with van der Waals surface area (Å²) < 4.78 is 37.3. The van der Waals surface area contributed by atoms with Crippen molar-refractivity contribution in [3.05, 3.63) is 35.9 Å². The maximum absolute atomic E-state index is 12.2. The first-order valence-corrected chi connectivity index (χ1v) is 12.2. The summed E-state index contributed by atoms with van der Waals surface area (Å²) in [6.45, 7) is 0.854. The number of benzene rings is 1. The van der Waals surface area contributed by atoms with Gasteiger partial charge in [-0.05, 0) is 50.0 Å². The highest BCUT2D eigenvalue weighted by atomic mass is 32.2. The van der Waals surface area contributed by atoms with Crippen molar-refractivity contribution in [2.45, 2.75) is 62.6 Å². The van der Waals surface area contributed by atoms with Gasteiger partial charge >= 0.3 is 6.09 Å². The van der Waals surface area contributed by atoms with Gasteiger partial charge < -0.3 is 14.4 Å². The largest absolute Gasteiger partial charge is 0.453 e. The summed E-state index contributed by atoms with van der Waals surface area (Å²) in [6.07, 6.45) is 6.32. The molecular formula is C21H32N2O5S. The highest BCUT2D eigenvalue weighted by Gasteiger charge is 2.37. The molecule has 1 saturated carbocycles. The molecule has 0 bridgehead atoms.